The third-order valence-electron chi connectivity index (χ3n) is 4.80. The van der Waals surface area contributed by atoms with Gasteiger partial charge in [0.05, 0.1) is 0 Å². The third-order valence-corrected chi connectivity index (χ3v) is 6.36. The Hall–Kier alpha value is -2.38. The molecule has 0 spiro atoms. The highest BCUT2D eigenvalue weighted by Crippen LogP contribution is 2.31. The van der Waals surface area contributed by atoms with Crippen LogP contribution in [0.4, 0.5) is 0 Å². The predicted molar refractivity (Wildman–Crippen MR) is 103 cm³/mol. The molecule has 0 radical (unpaired) electrons. The average Bonchev–Trinajstić information content (AvgIpc) is 3.23. The normalized spacial score (nSPS) is 20.3. The van der Waals surface area contributed by atoms with Crippen LogP contribution in [-0.4, -0.2) is 37.6 Å². The molecule has 1 atom stereocenters. The van der Waals surface area contributed by atoms with Crippen LogP contribution in [-0.2, 0) is 21.4 Å². The van der Waals surface area contributed by atoms with Gasteiger partial charge in [-0.1, -0.05) is 35.9 Å². The second-order valence-corrected chi connectivity index (χ2v) is 8.59. The predicted octanol–water partition coefficient (Wildman–Crippen LogP) is 2.57. The summed E-state index contributed by atoms with van der Waals surface area (Å²) in [5, 5.41) is 3.54. The summed E-state index contributed by atoms with van der Waals surface area (Å²) in [7, 11) is -3.70. The van der Waals surface area contributed by atoms with Gasteiger partial charge in [0.2, 0.25) is 5.91 Å². The Labute approximate surface area is 162 Å². The van der Waals surface area contributed by atoms with Crippen molar-refractivity contribution in [2.75, 3.05) is 6.54 Å². The lowest BCUT2D eigenvalue weighted by atomic mass is 10.1. The fraction of sp³-hybridized carbons (Fsp3) is 0.263. The number of hydrogen-bond acceptors (Lipinski definition) is 4. The first-order chi connectivity index (χ1) is 13.0. The van der Waals surface area contributed by atoms with E-state index in [2.05, 4.69) is 9.71 Å². The van der Waals surface area contributed by atoms with Crippen LogP contribution in [0.1, 0.15) is 24.0 Å². The monoisotopic (exact) mass is 403 g/mol. The largest absolute Gasteiger partial charge is 0.350 e. The van der Waals surface area contributed by atoms with Gasteiger partial charge in [-0.3, -0.25) is 4.79 Å². The fourth-order valence-electron chi connectivity index (χ4n) is 3.54. The van der Waals surface area contributed by atoms with Gasteiger partial charge in [0.1, 0.15) is 10.9 Å². The summed E-state index contributed by atoms with van der Waals surface area (Å²) in [5.41, 5.74) is 1.47. The van der Waals surface area contributed by atoms with E-state index in [0.29, 0.717) is 35.9 Å². The number of nitrogens with one attached hydrogen (secondary N) is 1. The van der Waals surface area contributed by atoms with Crippen molar-refractivity contribution in [1.29, 1.82) is 0 Å². The molecular formula is C19H18ClN3O3S. The minimum Gasteiger partial charge on any atom is -0.350 e. The van der Waals surface area contributed by atoms with Crippen molar-refractivity contribution in [3.63, 3.8) is 0 Å². The van der Waals surface area contributed by atoms with E-state index in [1.807, 2.05) is 12.1 Å². The third kappa shape index (κ3) is 3.44. The van der Waals surface area contributed by atoms with Crippen LogP contribution in [0.3, 0.4) is 0 Å². The minimum absolute atomic E-state index is 0.142. The Morgan fingerprint density at radius 3 is 2.85 bits per heavy atom. The van der Waals surface area contributed by atoms with Crippen LogP contribution >= 0.6 is 11.6 Å². The molecule has 1 N–H and O–H groups in total. The topological polar surface area (TPSA) is 78.8 Å². The molecule has 0 saturated carbocycles. The van der Waals surface area contributed by atoms with Crippen LogP contribution in [0.2, 0.25) is 5.02 Å². The molecule has 27 heavy (non-hydrogen) atoms. The lowest BCUT2D eigenvalue weighted by Crippen LogP contribution is -2.45. The number of carbonyl (C=O) groups is 1. The van der Waals surface area contributed by atoms with Crippen molar-refractivity contribution >= 4 is 33.4 Å². The number of benzene rings is 2. The number of likely N-dealkylation sites (tertiary alicyclic amines) is 1. The Kier molecular flexibility index (Phi) is 4.65. The first kappa shape index (κ1) is 18.0. The van der Waals surface area contributed by atoms with Gasteiger partial charge in [-0.05, 0) is 42.7 Å². The van der Waals surface area contributed by atoms with Gasteiger partial charge in [-0.2, -0.15) is 8.42 Å². The molecule has 2 aromatic carbocycles. The smallest absolute Gasteiger partial charge is 0.285 e. The van der Waals surface area contributed by atoms with Gasteiger partial charge in [0.25, 0.3) is 10.0 Å². The molecule has 8 heteroatoms. The molecule has 1 amide bonds. The fourth-order valence-corrected chi connectivity index (χ4v) is 4.97. The molecule has 140 valence electrons. The van der Waals surface area contributed by atoms with Gasteiger partial charge in [-0.25, -0.2) is 0 Å². The van der Waals surface area contributed by atoms with Gasteiger partial charge >= 0.3 is 0 Å². The molecular weight excluding hydrogens is 386 g/mol. The maximum absolute atomic E-state index is 12.8. The lowest BCUT2D eigenvalue weighted by molar-refractivity contribution is -0.124. The summed E-state index contributed by atoms with van der Waals surface area (Å²) < 4.78 is 28.6. The summed E-state index contributed by atoms with van der Waals surface area (Å²) in [6.45, 7) is 0.961. The van der Waals surface area contributed by atoms with Gasteiger partial charge in [-0.15, -0.1) is 4.40 Å². The summed E-state index contributed by atoms with van der Waals surface area (Å²) in [4.78, 5) is 14.8. The molecule has 2 aliphatic rings. The second kappa shape index (κ2) is 6.98. The number of halogens is 1. The Balaban J connectivity index is 1.54. The maximum Gasteiger partial charge on any atom is 0.285 e. The molecule has 2 aliphatic heterocycles. The van der Waals surface area contributed by atoms with Crippen LogP contribution < -0.4 is 5.32 Å². The summed E-state index contributed by atoms with van der Waals surface area (Å²) in [6.07, 6.45) is 1.46. The molecule has 4 rings (SSSR count). The molecule has 6 nitrogen and oxygen atoms in total. The standard InChI is InChI=1S/C19H18ClN3O3S/c20-14-6-3-5-13(11-14)12-21-19(24)16-8-4-10-23(16)18-15-7-1-2-9-17(15)27(25,26)22-18/h1-3,5-7,9,11,16H,4,8,10,12H2,(H,21,24)/t16-/m0/s1. The van der Waals surface area contributed by atoms with E-state index in [1.165, 1.54) is 0 Å². The molecule has 2 heterocycles. The SMILES string of the molecule is O=C(NCc1cccc(Cl)c1)[C@@H]1CCCN1C1=NS(=O)(=O)c2ccccc21. The Morgan fingerprint density at radius 2 is 2.04 bits per heavy atom. The molecule has 1 saturated heterocycles. The van der Waals surface area contributed by atoms with Crippen LogP contribution in [0.5, 0.6) is 0 Å². The number of sulfonamides is 1. The maximum atomic E-state index is 12.8. The van der Waals surface area contributed by atoms with Crippen molar-refractivity contribution in [2.45, 2.75) is 30.3 Å². The number of amidine groups is 1. The molecule has 0 unspecified atom stereocenters. The summed E-state index contributed by atoms with van der Waals surface area (Å²) >= 11 is 5.98. The van der Waals surface area contributed by atoms with E-state index in [-0.39, 0.29) is 10.8 Å². The van der Waals surface area contributed by atoms with Crippen molar-refractivity contribution in [2.24, 2.45) is 4.40 Å². The van der Waals surface area contributed by atoms with Crippen LogP contribution in [0.15, 0.2) is 57.8 Å². The molecule has 1 fully saturated rings. The molecule has 0 aliphatic carbocycles. The minimum atomic E-state index is -3.70. The van der Waals surface area contributed by atoms with Crippen molar-refractivity contribution in [1.82, 2.24) is 10.2 Å². The zero-order chi connectivity index (χ0) is 19.0. The Bertz CT molecular complexity index is 1040. The summed E-state index contributed by atoms with van der Waals surface area (Å²) in [6, 6.07) is 13.6. The number of fused-ring (bicyclic) bond motifs is 1. The van der Waals surface area contributed by atoms with Crippen molar-refractivity contribution in [3.8, 4) is 0 Å². The highest BCUT2D eigenvalue weighted by molar-refractivity contribution is 7.90. The number of hydrogen-bond donors (Lipinski definition) is 1. The molecule has 2 aromatic rings. The highest BCUT2D eigenvalue weighted by Gasteiger charge is 2.39. The zero-order valence-electron chi connectivity index (χ0n) is 14.4. The van der Waals surface area contributed by atoms with Crippen LogP contribution in [0, 0.1) is 0 Å². The van der Waals surface area contributed by atoms with Crippen molar-refractivity contribution in [3.05, 3.63) is 64.7 Å². The van der Waals surface area contributed by atoms with E-state index in [1.54, 1.807) is 41.3 Å². The first-order valence-electron chi connectivity index (χ1n) is 8.69. The van der Waals surface area contributed by atoms with E-state index in [9.17, 15) is 13.2 Å². The second-order valence-electron chi connectivity index (χ2n) is 6.59. The van der Waals surface area contributed by atoms with E-state index in [4.69, 9.17) is 11.6 Å². The number of amides is 1. The highest BCUT2D eigenvalue weighted by atomic mass is 35.5. The van der Waals surface area contributed by atoms with Gasteiger partial charge in [0, 0.05) is 23.7 Å². The molecule has 0 aromatic heterocycles. The van der Waals surface area contributed by atoms with E-state index >= 15 is 0 Å². The summed E-state index contributed by atoms with van der Waals surface area (Å²) in [5.74, 6) is 0.225. The first-order valence-corrected chi connectivity index (χ1v) is 10.5. The quantitative estimate of drug-likeness (QED) is 0.854. The number of nitrogens with zero attached hydrogens (tertiary/aromatic N) is 2. The lowest BCUT2D eigenvalue weighted by Gasteiger charge is -2.25. The average molecular weight is 404 g/mol. The van der Waals surface area contributed by atoms with E-state index < -0.39 is 16.1 Å². The van der Waals surface area contributed by atoms with E-state index in [0.717, 1.165) is 12.0 Å². The Morgan fingerprint density at radius 1 is 1.22 bits per heavy atom. The van der Waals surface area contributed by atoms with Gasteiger partial charge in [0.15, 0.2) is 5.84 Å². The van der Waals surface area contributed by atoms with Crippen molar-refractivity contribution < 1.29 is 13.2 Å². The zero-order valence-corrected chi connectivity index (χ0v) is 16.0. The number of rotatable bonds is 3. The number of carbonyl (C=O) groups excluding carboxylic acids is 1. The van der Waals surface area contributed by atoms with Gasteiger partial charge < -0.3 is 10.2 Å². The molecule has 0 bridgehead atoms. The van der Waals surface area contributed by atoms with Crippen LogP contribution in [0.25, 0.3) is 0 Å².